The zero-order valence-corrected chi connectivity index (χ0v) is 9.15. The van der Waals surface area contributed by atoms with Gasteiger partial charge in [-0.3, -0.25) is 4.79 Å². The first kappa shape index (κ1) is 9.33. The van der Waals surface area contributed by atoms with Crippen LogP contribution in [-0.2, 0) is 9.53 Å². The summed E-state index contributed by atoms with van der Waals surface area (Å²) in [5.74, 6) is 0.501. The molecule has 1 atom stereocenters. The van der Waals surface area contributed by atoms with Gasteiger partial charge in [0.25, 0.3) is 5.91 Å². The van der Waals surface area contributed by atoms with Crippen LogP contribution in [0.1, 0.15) is 13.8 Å². The minimum atomic E-state index is -0.185. The number of rotatable bonds is 0. The number of hydrogen-bond donors (Lipinski definition) is 0. The van der Waals surface area contributed by atoms with Gasteiger partial charge in [-0.25, -0.2) is 4.99 Å². The minimum Gasteiger partial charge on any atom is -0.490 e. The number of carbonyl (C=O) groups excluding carboxylic acids is 1. The highest BCUT2D eigenvalue weighted by atomic mass is 16.5. The van der Waals surface area contributed by atoms with Gasteiger partial charge in [0.2, 0.25) is 0 Å². The van der Waals surface area contributed by atoms with Crippen molar-refractivity contribution < 1.29 is 9.53 Å². The molecule has 3 heteroatoms. The van der Waals surface area contributed by atoms with Crippen LogP contribution < -0.4 is 10.6 Å². The van der Waals surface area contributed by atoms with E-state index in [0.29, 0.717) is 11.3 Å². The van der Waals surface area contributed by atoms with Crippen LogP contribution in [0.25, 0.3) is 5.57 Å². The van der Waals surface area contributed by atoms with E-state index in [4.69, 9.17) is 4.74 Å². The maximum absolute atomic E-state index is 11.9. The monoisotopic (exact) mass is 213 g/mol. The van der Waals surface area contributed by atoms with Crippen molar-refractivity contribution in [1.29, 1.82) is 0 Å². The molecule has 3 nitrogen and oxygen atoms in total. The quantitative estimate of drug-likeness (QED) is 0.636. The van der Waals surface area contributed by atoms with Crippen molar-refractivity contribution >= 4 is 11.5 Å². The lowest BCUT2D eigenvalue weighted by Crippen LogP contribution is -2.35. The van der Waals surface area contributed by atoms with Crippen molar-refractivity contribution in [2.75, 3.05) is 0 Å². The lowest BCUT2D eigenvalue weighted by molar-refractivity contribution is -0.114. The van der Waals surface area contributed by atoms with Crippen molar-refractivity contribution in [3.8, 4) is 0 Å². The van der Waals surface area contributed by atoms with E-state index < -0.39 is 0 Å². The van der Waals surface area contributed by atoms with Gasteiger partial charge in [-0.15, -0.1) is 0 Å². The molecule has 1 aromatic carbocycles. The first-order valence-corrected chi connectivity index (χ1v) is 5.28. The Morgan fingerprint density at radius 1 is 1.31 bits per heavy atom. The largest absolute Gasteiger partial charge is 0.490 e. The van der Waals surface area contributed by atoms with Crippen LogP contribution in [0.5, 0.6) is 0 Å². The fraction of sp³-hybridized carbons (Fsp3) is 0.231. The number of hydrogen-bond acceptors (Lipinski definition) is 2. The van der Waals surface area contributed by atoms with Crippen molar-refractivity contribution in [2.24, 2.45) is 4.99 Å². The minimum absolute atomic E-state index is 0.0596. The number of para-hydroxylation sites is 1. The molecule has 2 heterocycles. The molecule has 0 saturated carbocycles. The normalized spacial score (nSPS) is 22.5. The van der Waals surface area contributed by atoms with Crippen LogP contribution in [0, 0.1) is 0 Å². The fourth-order valence-corrected chi connectivity index (χ4v) is 2.36. The van der Waals surface area contributed by atoms with Gasteiger partial charge in [0.05, 0.1) is 10.9 Å². The van der Waals surface area contributed by atoms with Gasteiger partial charge in [-0.1, -0.05) is 18.2 Å². The Morgan fingerprint density at radius 2 is 2.06 bits per heavy atom. The van der Waals surface area contributed by atoms with Gasteiger partial charge in [-0.2, -0.15) is 0 Å². The first-order chi connectivity index (χ1) is 7.68. The van der Waals surface area contributed by atoms with Crippen molar-refractivity contribution in [1.82, 2.24) is 0 Å². The van der Waals surface area contributed by atoms with Gasteiger partial charge >= 0.3 is 0 Å². The summed E-state index contributed by atoms with van der Waals surface area (Å²) < 4.78 is 5.60. The predicted octanol–water partition coefficient (Wildman–Crippen LogP) is 0.690. The second kappa shape index (κ2) is 3.04. The fourth-order valence-electron chi connectivity index (χ4n) is 2.36. The summed E-state index contributed by atoms with van der Waals surface area (Å²) in [5, 5.41) is 1.76. The molecule has 0 fully saturated rings. The Labute approximate surface area is 92.8 Å². The maximum atomic E-state index is 11.9. The maximum Gasteiger partial charge on any atom is 0.281 e. The lowest BCUT2D eigenvalue weighted by Gasteiger charge is -2.10. The molecule has 0 saturated heterocycles. The smallest absolute Gasteiger partial charge is 0.281 e. The number of fused-ring (bicyclic) bond motifs is 2. The topological polar surface area (TPSA) is 38.7 Å². The lowest BCUT2D eigenvalue weighted by atomic mass is 9.97. The Kier molecular flexibility index (Phi) is 1.78. The Morgan fingerprint density at radius 3 is 2.88 bits per heavy atom. The Hall–Kier alpha value is -1.90. The molecule has 80 valence electrons. The summed E-state index contributed by atoms with van der Waals surface area (Å²) in [6.07, 6.45) is -0.0596. The molecule has 1 aromatic rings. The summed E-state index contributed by atoms with van der Waals surface area (Å²) in [5.41, 5.74) is 1.62. The summed E-state index contributed by atoms with van der Waals surface area (Å²) in [4.78, 5) is 15.9. The predicted molar refractivity (Wildman–Crippen MR) is 58.9 cm³/mol. The molecule has 2 aliphatic rings. The summed E-state index contributed by atoms with van der Waals surface area (Å²) in [7, 11) is 0. The molecule has 0 N–H and O–H groups in total. The first-order valence-electron chi connectivity index (χ1n) is 5.28. The molecule has 0 radical (unpaired) electrons. The van der Waals surface area contributed by atoms with E-state index in [1.165, 1.54) is 0 Å². The number of ether oxygens (including phenoxy) is 1. The van der Waals surface area contributed by atoms with Crippen molar-refractivity contribution in [3.63, 3.8) is 0 Å². The van der Waals surface area contributed by atoms with Gasteiger partial charge in [-0.05, 0) is 19.9 Å². The van der Waals surface area contributed by atoms with Gasteiger partial charge in [0, 0.05) is 10.8 Å². The summed E-state index contributed by atoms with van der Waals surface area (Å²) >= 11 is 0. The molecular weight excluding hydrogens is 202 g/mol. The SMILES string of the molecule is CC1=C2C(=O)N=c3ccccc3=C2C(C)O1. The van der Waals surface area contributed by atoms with Crippen LogP contribution in [-0.4, -0.2) is 12.0 Å². The van der Waals surface area contributed by atoms with E-state index in [2.05, 4.69) is 4.99 Å². The van der Waals surface area contributed by atoms with Crippen LogP contribution >= 0.6 is 0 Å². The highest BCUT2D eigenvalue weighted by Gasteiger charge is 2.32. The molecule has 2 aliphatic heterocycles. The molecule has 0 bridgehead atoms. The third kappa shape index (κ3) is 1.08. The molecule has 0 aromatic heterocycles. The van der Waals surface area contributed by atoms with Gasteiger partial charge < -0.3 is 4.74 Å². The van der Waals surface area contributed by atoms with E-state index in [0.717, 1.165) is 16.1 Å². The number of nitrogens with zero attached hydrogens (tertiary/aromatic N) is 1. The second-order valence-electron chi connectivity index (χ2n) is 4.04. The molecule has 1 amide bonds. The number of carbonyl (C=O) groups is 1. The van der Waals surface area contributed by atoms with E-state index in [1.54, 1.807) is 0 Å². The average molecular weight is 213 g/mol. The molecule has 3 rings (SSSR count). The average Bonchev–Trinajstić information content (AvgIpc) is 2.55. The Bertz CT molecular complexity index is 640. The molecule has 0 spiro atoms. The molecule has 0 aliphatic carbocycles. The van der Waals surface area contributed by atoms with Crippen LogP contribution in [0.3, 0.4) is 0 Å². The highest BCUT2D eigenvalue weighted by Crippen LogP contribution is 2.31. The van der Waals surface area contributed by atoms with E-state index in [1.807, 2.05) is 38.1 Å². The van der Waals surface area contributed by atoms with E-state index >= 15 is 0 Å². The van der Waals surface area contributed by atoms with Crippen LogP contribution in [0.4, 0.5) is 0 Å². The second-order valence-corrected chi connectivity index (χ2v) is 4.04. The molecule has 1 unspecified atom stereocenters. The van der Waals surface area contributed by atoms with Crippen molar-refractivity contribution in [2.45, 2.75) is 20.0 Å². The number of amides is 1. The standard InChI is InChI=1S/C13H11NO2/c1-7-11-9-5-3-4-6-10(9)14-13(15)12(11)8(2)16-7/h3-7H,1-2H3. The number of benzene rings is 1. The Balaban J connectivity index is 2.50. The highest BCUT2D eigenvalue weighted by molar-refractivity contribution is 6.09. The zero-order chi connectivity index (χ0) is 11.3. The third-order valence-corrected chi connectivity index (χ3v) is 3.01. The summed E-state index contributed by atoms with van der Waals surface area (Å²) in [6.45, 7) is 3.78. The van der Waals surface area contributed by atoms with E-state index in [-0.39, 0.29) is 12.0 Å². The van der Waals surface area contributed by atoms with Crippen molar-refractivity contribution in [3.05, 3.63) is 46.2 Å². The van der Waals surface area contributed by atoms with Gasteiger partial charge in [0.1, 0.15) is 11.9 Å². The zero-order valence-electron chi connectivity index (χ0n) is 9.15. The summed E-state index contributed by atoms with van der Waals surface area (Å²) in [6, 6.07) is 7.68. The van der Waals surface area contributed by atoms with Gasteiger partial charge in [0.15, 0.2) is 0 Å². The third-order valence-electron chi connectivity index (χ3n) is 3.01. The van der Waals surface area contributed by atoms with Crippen LogP contribution in [0.15, 0.2) is 40.6 Å². The van der Waals surface area contributed by atoms with E-state index in [9.17, 15) is 4.79 Å². The molecule has 16 heavy (non-hydrogen) atoms. The number of allylic oxidation sites excluding steroid dienone is 1. The molecular formula is C13H11NO2. The van der Waals surface area contributed by atoms with Crippen LogP contribution in [0.2, 0.25) is 0 Å².